The van der Waals surface area contributed by atoms with Crippen molar-refractivity contribution >= 4 is 14.3 Å². The van der Waals surface area contributed by atoms with E-state index in [-0.39, 0.29) is 16.6 Å². The van der Waals surface area contributed by atoms with Gasteiger partial charge in [-0.25, -0.2) is 0 Å². The van der Waals surface area contributed by atoms with Gasteiger partial charge in [0.15, 0.2) is 8.32 Å². The van der Waals surface area contributed by atoms with Gasteiger partial charge < -0.3 is 9.16 Å². The van der Waals surface area contributed by atoms with Crippen LogP contribution in [0.4, 0.5) is 0 Å². The molecule has 0 saturated heterocycles. The van der Waals surface area contributed by atoms with Crippen molar-refractivity contribution in [2.75, 3.05) is 6.61 Å². The number of hydrogen-bond donors (Lipinski definition) is 0. The lowest BCUT2D eigenvalue weighted by atomic mass is 10.1. The minimum absolute atomic E-state index is 0.200. The fraction of sp³-hybridized carbons (Fsp3) is 0.824. The normalized spacial score (nSPS) is 13.7. The third-order valence-electron chi connectivity index (χ3n) is 3.91. The maximum Gasteiger partial charge on any atom is 0.302 e. The molecule has 0 bridgehead atoms. The molecule has 0 unspecified atom stereocenters. The average molecular weight is 315 g/mol. The molecule has 0 N–H and O–H groups in total. The number of unbranched alkanes of at least 4 members (excludes halogenated alkanes) is 2. The van der Waals surface area contributed by atoms with Crippen molar-refractivity contribution in [3.8, 4) is 0 Å². The molecule has 0 heterocycles. The molecule has 4 heteroatoms. The van der Waals surface area contributed by atoms with Crippen LogP contribution in [0.3, 0.4) is 0 Å². The molecule has 0 aromatic carbocycles. The molecule has 21 heavy (non-hydrogen) atoms. The molecule has 0 spiro atoms. The van der Waals surface area contributed by atoms with Crippen molar-refractivity contribution in [3.63, 3.8) is 0 Å². The van der Waals surface area contributed by atoms with Gasteiger partial charge in [-0.2, -0.15) is 0 Å². The summed E-state index contributed by atoms with van der Waals surface area (Å²) in [6.07, 6.45) is 7.28. The van der Waals surface area contributed by atoms with Gasteiger partial charge in [0.2, 0.25) is 0 Å². The first-order valence-electron chi connectivity index (χ1n) is 7.89. The maximum absolute atomic E-state index is 10.6. The Balaban J connectivity index is 4.17. The number of ether oxygens (including phenoxy) is 1. The lowest BCUT2D eigenvalue weighted by Crippen LogP contribution is -2.46. The molecule has 0 aliphatic rings. The van der Waals surface area contributed by atoms with E-state index in [1.807, 2.05) is 0 Å². The predicted octanol–water partition coefficient (Wildman–Crippen LogP) is 5.08. The molecule has 0 saturated carbocycles. The molecule has 3 nitrogen and oxygen atoms in total. The van der Waals surface area contributed by atoms with Gasteiger partial charge >= 0.3 is 5.97 Å². The number of carbonyl (C=O) groups is 1. The first-order chi connectivity index (χ1) is 9.37. The topological polar surface area (TPSA) is 35.5 Å². The van der Waals surface area contributed by atoms with Gasteiger partial charge in [-0.1, -0.05) is 32.9 Å². The van der Waals surface area contributed by atoms with E-state index in [9.17, 15) is 4.79 Å². The van der Waals surface area contributed by atoms with Crippen molar-refractivity contribution in [1.82, 2.24) is 0 Å². The van der Waals surface area contributed by atoms with E-state index in [1.54, 1.807) is 0 Å². The van der Waals surface area contributed by atoms with E-state index < -0.39 is 8.32 Å². The Bertz CT molecular complexity index is 352. The molecule has 0 aliphatic heterocycles. The molecule has 0 aromatic rings. The van der Waals surface area contributed by atoms with Gasteiger partial charge in [0.05, 0.1) is 12.2 Å². The third kappa shape index (κ3) is 9.09. The summed E-state index contributed by atoms with van der Waals surface area (Å²) >= 11 is 0. The molecular weight excluding hydrogens is 280 g/mol. The highest BCUT2D eigenvalue weighted by molar-refractivity contribution is 6.74. The summed E-state index contributed by atoms with van der Waals surface area (Å²) in [7, 11) is -1.74. The van der Waals surface area contributed by atoms with Gasteiger partial charge in [0.1, 0.15) is 0 Å². The Morgan fingerprint density at radius 1 is 1.10 bits per heavy atom. The van der Waals surface area contributed by atoms with E-state index in [0.29, 0.717) is 6.61 Å². The highest BCUT2D eigenvalue weighted by Gasteiger charge is 2.40. The Labute approximate surface area is 132 Å². The Morgan fingerprint density at radius 3 is 2.14 bits per heavy atom. The quantitative estimate of drug-likeness (QED) is 0.271. The van der Waals surface area contributed by atoms with E-state index in [0.717, 1.165) is 19.3 Å². The molecular formula is C17H34O3Si. The minimum Gasteiger partial charge on any atom is -0.466 e. The molecule has 0 rings (SSSR count). The monoisotopic (exact) mass is 314 g/mol. The van der Waals surface area contributed by atoms with E-state index in [4.69, 9.17) is 9.16 Å². The van der Waals surface area contributed by atoms with Crippen molar-refractivity contribution < 1.29 is 14.0 Å². The number of carbonyl (C=O) groups excluding carboxylic acids is 1. The van der Waals surface area contributed by atoms with Gasteiger partial charge in [0, 0.05) is 6.92 Å². The lowest BCUT2D eigenvalue weighted by Gasteiger charge is -2.41. The SMILES string of the molecule is CC(=O)OCCCC/C=C/C(C)(C)O[Si](C)(C)C(C)(C)C. The fourth-order valence-electron chi connectivity index (χ4n) is 1.79. The third-order valence-corrected chi connectivity index (χ3v) is 8.56. The zero-order chi connectivity index (χ0) is 16.7. The summed E-state index contributed by atoms with van der Waals surface area (Å²) in [5.74, 6) is -0.200. The zero-order valence-corrected chi connectivity index (χ0v) is 16.2. The summed E-state index contributed by atoms with van der Waals surface area (Å²) < 4.78 is 11.3. The molecule has 0 aromatic heterocycles. The van der Waals surface area contributed by atoms with Crippen LogP contribution in [0.15, 0.2) is 12.2 Å². The average Bonchev–Trinajstić information content (AvgIpc) is 2.24. The van der Waals surface area contributed by atoms with Crippen LogP contribution in [0.1, 0.15) is 60.8 Å². The summed E-state index contributed by atoms with van der Waals surface area (Å²) in [5.41, 5.74) is -0.223. The smallest absolute Gasteiger partial charge is 0.302 e. The van der Waals surface area contributed by atoms with Crippen LogP contribution in [-0.4, -0.2) is 26.5 Å². The predicted molar refractivity (Wildman–Crippen MR) is 92.0 cm³/mol. The second kappa shape index (κ2) is 8.13. The van der Waals surface area contributed by atoms with Crippen LogP contribution in [0.5, 0.6) is 0 Å². The van der Waals surface area contributed by atoms with Crippen LogP contribution in [0, 0.1) is 0 Å². The zero-order valence-electron chi connectivity index (χ0n) is 15.2. The fourth-order valence-corrected chi connectivity index (χ4v) is 3.48. The van der Waals surface area contributed by atoms with Crippen LogP contribution in [-0.2, 0) is 14.0 Å². The number of allylic oxidation sites excluding steroid dienone is 1. The highest BCUT2D eigenvalue weighted by Crippen LogP contribution is 2.39. The van der Waals surface area contributed by atoms with Crippen molar-refractivity contribution in [2.24, 2.45) is 0 Å². The number of hydrogen-bond acceptors (Lipinski definition) is 3. The van der Waals surface area contributed by atoms with Gasteiger partial charge in [-0.05, 0) is 51.2 Å². The van der Waals surface area contributed by atoms with Crippen LogP contribution in [0.2, 0.25) is 18.1 Å². The summed E-state index contributed by atoms with van der Waals surface area (Å²) in [5, 5.41) is 0.224. The summed E-state index contributed by atoms with van der Waals surface area (Å²) in [4.78, 5) is 10.6. The highest BCUT2D eigenvalue weighted by atomic mass is 28.4. The van der Waals surface area contributed by atoms with Gasteiger partial charge in [0.25, 0.3) is 0 Å². The molecule has 0 amide bonds. The van der Waals surface area contributed by atoms with Crippen molar-refractivity contribution in [1.29, 1.82) is 0 Å². The van der Waals surface area contributed by atoms with E-state index in [1.165, 1.54) is 6.92 Å². The molecule has 0 atom stereocenters. The Hall–Kier alpha value is -0.613. The Morgan fingerprint density at radius 2 is 1.67 bits per heavy atom. The summed E-state index contributed by atoms with van der Waals surface area (Å²) in [6.45, 7) is 17.6. The van der Waals surface area contributed by atoms with Crippen LogP contribution in [0.25, 0.3) is 0 Å². The molecule has 124 valence electrons. The summed E-state index contributed by atoms with van der Waals surface area (Å²) in [6, 6.07) is 0. The number of esters is 1. The first kappa shape index (κ1) is 20.4. The van der Waals surface area contributed by atoms with Crippen LogP contribution >= 0.6 is 0 Å². The largest absolute Gasteiger partial charge is 0.466 e. The molecule has 0 aliphatic carbocycles. The van der Waals surface area contributed by atoms with Crippen LogP contribution < -0.4 is 0 Å². The Kier molecular flexibility index (Phi) is 7.90. The lowest BCUT2D eigenvalue weighted by molar-refractivity contribution is -0.141. The molecule has 0 radical (unpaired) electrons. The van der Waals surface area contributed by atoms with Crippen molar-refractivity contribution in [3.05, 3.63) is 12.2 Å². The second-order valence-electron chi connectivity index (χ2n) is 7.70. The second-order valence-corrected chi connectivity index (χ2v) is 12.4. The van der Waals surface area contributed by atoms with E-state index in [2.05, 4.69) is 59.9 Å². The molecule has 0 fully saturated rings. The number of rotatable bonds is 8. The van der Waals surface area contributed by atoms with Gasteiger partial charge in [-0.15, -0.1) is 0 Å². The first-order valence-corrected chi connectivity index (χ1v) is 10.8. The maximum atomic E-state index is 10.6. The van der Waals surface area contributed by atoms with Crippen molar-refractivity contribution in [2.45, 2.75) is 84.5 Å². The standard InChI is InChI=1S/C17H34O3Si/c1-15(18)19-14-12-10-9-11-13-17(5,6)20-21(7,8)16(2,3)4/h11,13H,9-10,12,14H2,1-8H3/b13-11+. The van der Waals surface area contributed by atoms with Gasteiger partial charge in [-0.3, -0.25) is 4.79 Å². The minimum atomic E-state index is -1.74. The van der Waals surface area contributed by atoms with E-state index >= 15 is 0 Å².